The summed E-state index contributed by atoms with van der Waals surface area (Å²) in [6, 6.07) is 0. The van der Waals surface area contributed by atoms with Gasteiger partial charge in [-0.05, 0) is 0 Å². The molecule has 0 aliphatic heterocycles. The number of carbonyl (C=O) groups is 1. The number of hydrogen-bond acceptors (Lipinski definition) is 1. The molecule has 2 N–H and O–H groups in total. The average molecular weight is 117 g/mol. The van der Waals surface area contributed by atoms with E-state index < -0.39 is 5.24 Å². The molecule has 0 spiro atoms. The normalized spacial score (nSPS) is 5.00. The predicted octanol–water partition coefficient (Wildman–Crippen LogP) is -2.89. The van der Waals surface area contributed by atoms with E-state index in [9.17, 15) is 0 Å². The van der Waals surface area contributed by atoms with Crippen molar-refractivity contribution < 1.29 is 57.6 Å². The molecule has 0 aliphatic carbocycles. The first-order chi connectivity index (χ1) is 1.73. The summed E-state index contributed by atoms with van der Waals surface area (Å²) in [5.74, 6) is 0. The maximum absolute atomic E-state index is 9.09. The summed E-state index contributed by atoms with van der Waals surface area (Å²) in [5.41, 5.74) is 4.34. The molecule has 0 bridgehead atoms. The van der Waals surface area contributed by atoms with Crippen molar-refractivity contribution in [2.24, 2.45) is 5.73 Å². The van der Waals surface area contributed by atoms with E-state index in [0.29, 0.717) is 0 Å². The molecule has 0 atom stereocenters. The van der Waals surface area contributed by atoms with Crippen molar-refractivity contribution >= 4 is 17.9 Å². The van der Waals surface area contributed by atoms with Gasteiger partial charge in [-0.3, -0.25) is 4.79 Å². The molecule has 5 heavy (non-hydrogen) atoms. The number of rotatable bonds is 0. The van der Waals surface area contributed by atoms with Gasteiger partial charge in [0.1, 0.15) is 0 Å². The van der Waals surface area contributed by atoms with Crippen LogP contribution in [0.15, 0.2) is 0 Å². The molecule has 0 radical (unpaired) electrons. The fourth-order valence-electron chi connectivity index (χ4n) is 0. The van der Waals surface area contributed by atoms with Gasteiger partial charge in [-0.2, -0.15) is 0 Å². The summed E-state index contributed by atoms with van der Waals surface area (Å²) in [5, 5.41) is -0.639. The third-order valence-corrected chi connectivity index (χ3v) is 0. The molecule has 0 unspecified atom stereocenters. The third-order valence-electron chi connectivity index (χ3n) is 0. The van der Waals surface area contributed by atoms with Crippen LogP contribution in [0.4, 0.5) is 4.79 Å². The Morgan fingerprint density at radius 1 is 2.00 bits per heavy atom. The second-order valence-corrected chi connectivity index (χ2v) is 0.779. The van der Waals surface area contributed by atoms with Crippen molar-refractivity contribution in [2.75, 3.05) is 0 Å². The minimum absolute atomic E-state index is 0. The van der Waals surface area contributed by atoms with Crippen LogP contribution in [0.2, 0.25) is 0 Å². The van der Waals surface area contributed by atoms with Crippen molar-refractivity contribution in [2.45, 2.75) is 0 Å². The first-order valence-electron chi connectivity index (χ1n) is 0.716. The Labute approximate surface area is 79.8 Å². The number of amides is 1. The van der Waals surface area contributed by atoms with Crippen molar-refractivity contribution in [1.82, 2.24) is 0 Å². The molecule has 0 saturated heterocycles. The molecule has 0 saturated carbocycles. The van der Waals surface area contributed by atoms with Gasteiger partial charge in [0, 0.05) is 0 Å². The van der Waals surface area contributed by atoms with Gasteiger partial charge in [0.25, 0.3) is 5.24 Å². The summed E-state index contributed by atoms with van der Waals surface area (Å²) in [6.07, 6.45) is 0. The van der Waals surface area contributed by atoms with Gasteiger partial charge in [-0.15, -0.1) is 0 Å². The van der Waals surface area contributed by atoms with Crippen LogP contribution < -0.4 is 57.1 Å². The number of hydrogen-bond donors (Lipinski definition) is 2. The molecule has 1 amide bonds. The molecule has 0 aromatic heterocycles. The zero-order valence-electron chi connectivity index (χ0n) is 3.93. The number of carbonyl (C=O) groups excluding carboxylic acids is 1. The zero-order valence-corrected chi connectivity index (χ0v) is 6.95. The Bertz CT molecular complexity index is 38.5. The van der Waals surface area contributed by atoms with Gasteiger partial charge < -0.3 is 7.16 Å². The van der Waals surface area contributed by atoms with Crippen LogP contribution in [-0.4, -0.2) is 5.24 Å². The Balaban J connectivity index is -0.0000000450. The average Bonchev–Trinajstić information content (AvgIpc) is 0.811. The molecule has 0 fully saturated rings. The summed E-state index contributed by atoms with van der Waals surface area (Å²) in [6.45, 7) is 0. The van der Waals surface area contributed by atoms with Gasteiger partial charge in [0.05, 0.1) is 0 Å². The number of thiol groups is 1. The summed E-state index contributed by atoms with van der Waals surface area (Å²) < 4.78 is 0. The molecule has 0 aromatic carbocycles. The second kappa shape index (κ2) is 5.46. The van der Waals surface area contributed by atoms with Crippen molar-refractivity contribution in [1.29, 1.82) is 0 Å². The van der Waals surface area contributed by atoms with E-state index >= 15 is 0 Å². The Morgan fingerprint density at radius 2 is 2.00 bits per heavy atom. The molecule has 0 rings (SSSR count). The minimum Gasteiger partial charge on any atom is -1.00 e. The summed E-state index contributed by atoms with van der Waals surface area (Å²) in [7, 11) is 0. The monoisotopic (exact) mass is 117 g/mol. The largest absolute Gasteiger partial charge is 1.00 e. The topological polar surface area (TPSA) is 43.1 Å². The van der Waals surface area contributed by atoms with Crippen LogP contribution in [0.3, 0.4) is 0 Å². The molecule has 0 heterocycles. The Morgan fingerprint density at radius 3 is 2.00 bits per heavy atom. The van der Waals surface area contributed by atoms with Crippen LogP contribution >= 0.6 is 12.6 Å². The molecule has 4 heteroatoms. The fraction of sp³-hybridized carbons (Fsp3) is 0. The summed E-state index contributed by atoms with van der Waals surface area (Å²) >= 11 is 3.10. The second-order valence-electron chi connectivity index (χ2n) is 0.338. The maximum atomic E-state index is 9.09. The van der Waals surface area contributed by atoms with Gasteiger partial charge in [-0.25, -0.2) is 0 Å². The summed E-state index contributed by atoms with van der Waals surface area (Å²) in [4.78, 5) is 9.09. The SMILES string of the molecule is NC(=O)S.[H-].[K+]. The van der Waals surface area contributed by atoms with Crippen LogP contribution in [0, 0.1) is 0 Å². The fourth-order valence-corrected chi connectivity index (χ4v) is 0. The van der Waals surface area contributed by atoms with Gasteiger partial charge >= 0.3 is 51.4 Å². The van der Waals surface area contributed by atoms with E-state index in [0.717, 1.165) is 0 Å². The first-order valence-corrected chi connectivity index (χ1v) is 1.16. The van der Waals surface area contributed by atoms with Crippen LogP contribution in [0.1, 0.15) is 1.43 Å². The van der Waals surface area contributed by atoms with Crippen LogP contribution in [0.25, 0.3) is 0 Å². The van der Waals surface area contributed by atoms with Gasteiger partial charge in [0.15, 0.2) is 0 Å². The molecule has 26 valence electrons. The number of primary amides is 1. The van der Waals surface area contributed by atoms with Crippen molar-refractivity contribution in [3.63, 3.8) is 0 Å². The van der Waals surface area contributed by atoms with E-state index in [-0.39, 0.29) is 52.8 Å². The third kappa shape index (κ3) is 30.7. The van der Waals surface area contributed by atoms with Crippen molar-refractivity contribution in [3.05, 3.63) is 0 Å². The molecule has 2 nitrogen and oxygen atoms in total. The Hall–Kier alpha value is 1.46. The van der Waals surface area contributed by atoms with E-state index in [2.05, 4.69) is 18.4 Å². The van der Waals surface area contributed by atoms with E-state index in [1.807, 2.05) is 0 Å². The van der Waals surface area contributed by atoms with Gasteiger partial charge in [-0.1, -0.05) is 12.6 Å². The van der Waals surface area contributed by atoms with E-state index in [1.165, 1.54) is 0 Å². The standard InChI is InChI=1S/CH3NOS.K.H/c2-1(3)4;;/h(H3,2,3,4);;/q;+1;-1. The van der Waals surface area contributed by atoms with Crippen molar-refractivity contribution in [3.8, 4) is 0 Å². The molecule has 0 aliphatic rings. The first kappa shape index (κ1) is 9.68. The maximum Gasteiger partial charge on any atom is 1.00 e. The van der Waals surface area contributed by atoms with Gasteiger partial charge in [0.2, 0.25) is 0 Å². The predicted molar refractivity (Wildman–Crippen MR) is 19.7 cm³/mol. The smallest absolute Gasteiger partial charge is 1.00 e. The number of nitrogens with two attached hydrogens (primary N) is 1. The van der Waals surface area contributed by atoms with E-state index in [4.69, 9.17) is 4.79 Å². The molecular formula is CH4KNOS. The quantitative estimate of drug-likeness (QED) is 0.260. The molecule has 0 aromatic rings. The minimum atomic E-state index is -0.639. The Kier molecular flexibility index (Phi) is 10.6. The zero-order chi connectivity index (χ0) is 3.58. The van der Waals surface area contributed by atoms with Crippen LogP contribution in [0.5, 0.6) is 0 Å². The van der Waals surface area contributed by atoms with E-state index in [1.54, 1.807) is 0 Å². The van der Waals surface area contributed by atoms with Crippen LogP contribution in [-0.2, 0) is 0 Å². The molecular weight excluding hydrogens is 113 g/mol.